The molecule has 8 heteroatoms. The summed E-state index contributed by atoms with van der Waals surface area (Å²) in [5, 5.41) is 12.3. The Hall–Kier alpha value is -2.63. The molecule has 1 aromatic heterocycles. The number of nitriles is 1. The monoisotopic (exact) mass is 361 g/mol. The van der Waals surface area contributed by atoms with Gasteiger partial charge in [-0.05, 0) is 12.1 Å². The lowest BCUT2D eigenvalue weighted by atomic mass is 10.3. The summed E-state index contributed by atoms with van der Waals surface area (Å²) in [5.74, 6) is 0.221. The van der Waals surface area contributed by atoms with E-state index in [1.807, 2.05) is 6.07 Å². The Morgan fingerprint density at radius 1 is 1.31 bits per heavy atom. The van der Waals surface area contributed by atoms with Crippen molar-refractivity contribution in [2.24, 2.45) is 0 Å². The van der Waals surface area contributed by atoms with Crippen LogP contribution in [0.25, 0.3) is 0 Å². The smallest absolute Gasteiger partial charge is 0.236 e. The maximum atomic E-state index is 13.6. The summed E-state index contributed by atoms with van der Waals surface area (Å²) in [6.45, 7) is 5.36. The van der Waals surface area contributed by atoms with Crippen LogP contribution in [0.1, 0.15) is 18.0 Å². The van der Waals surface area contributed by atoms with Gasteiger partial charge >= 0.3 is 0 Å². The maximum Gasteiger partial charge on any atom is 0.236 e. The van der Waals surface area contributed by atoms with Crippen LogP contribution in [0.5, 0.6) is 5.75 Å². The molecule has 26 heavy (non-hydrogen) atoms. The van der Waals surface area contributed by atoms with Crippen molar-refractivity contribution in [2.45, 2.75) is 13.0 Å². The van der Waals surface area contributed by atoms with Crippen LogP contribution < -0.4 is 15.0 Å². The highest BCUT2D eigenvalue weighted by Crippen LogP contribution is 2.20. The predicted molar refractivity (Wildman–Crippen MR) is 91.4 cm³/mol. The average Bonchev–Trinajstić information content (AvgIpc) is 3.07. The van der Waals surface area contributed by atoms with E-state index in [0.717, 1.165) is 39.3 Å². The lowest BCUT2D eigenvalue weighted by Crippen LogP contribution is -3.14. The number of quaternary nitrogens is 1. The van der Waals surface area contributed by atoms with Gasteiger partial charge < -0.3 is 24.1 Å². The molecule has 0 bridgehead atoms. The fourth-order valence-corrected chi connectivity index (χ4v) is 2.77. The normalized spacial score (nSPS) is 14.8. The number of ether oxygens (including phenoxy) is 2. The number of halogens is 1. The van der Waals surface area contributed by atoms with Gasteiger partial charge in [0.2, 0.25) is 17.5 Å². The summed E-state index contributed by atoms with van der Waals surface area (Å²) < 4.78 is 29.8. The van der Waals surface area contributed by atoms with Crippen molar-refractivity contribution in [3.8, 4) is 11.8 Å². The summed E-state index contributed by atoms with van der Waals surface area (Å²) in [7, 11) is 0. The number of hydrogen-bond donors (Lipinski definition) is 2. The topological polar surface area (TPSA) is 84.8 Å². The molecular formula is C18H22FN4O3+. The number of aromatic nitrogens is 1. The first kappa shape index (κ1) is 18.2. The Balaban J connectivity index is 1.48. The van der Waals surface area contributed by atoms with Crippen LogP contribution in [-0.2, 0) is 11.3 Å². The predicted octanol–water partition coefficient (Wildman–Crippen LogP) is 0.981. The molecule has 1 fully saturated rings. The first-order valence-electron chi connectivity index (χ1n) is 8.68. The van der Waals surface area contributed by atoms with E-state index >= 15 is 0 Å². The van der Waals surface area contributed by atoms with Gasteiger partial charge in [0.05, 0.1) is 19.8 Å². The molecule has 0 saturated carbocycles. The number of para-hydroxylation sites is 1. The molecule has 3 rings (SSSR count). The van der Waals surface area contributed by atoms with Gasteiger partial charge in [-0.3, -0.25) is 0 Å². The molecule has 1 aliphatic heterocycles. The summed E-state index contributed by atoms with van der Waals surface area (Å²) in [4.78, 5) is 5.61. The van der Waals surface area contributed by atoms with E-state index in [2.05, 4.69) is 10.3 Å². The van der Waals surface area contributed by atoms with Gasteiger partial charge in [0, 0.05) is 13.0 Å². The Bertz CT molecular complexity index is 753. The molecule has 1 aliphatic rings. The molecule has 138 valence electrons. The quantitative estimate of drug-likeness (QED) is 0.682. The number of nitrogens with one attached hydrogen (secondary N) is 2. The Morgan fingerprint density at radius 3 is 2.88 bits per heavy atom. The zero-order chi connectivity index (χ0) is 18.2. The van der Waals surface area contributed by atoms with E-state index in [1.165, 1.54) is 17.0 Å². The maximum absolute atomic E-state index is 13.6. The van der Waals surface area contributed by atoms with Crippen molar-refractivity contribution in [3.63, 3.8) is 0 Å². The van der Waals surface area contributed by atoms with Crippen molar-refractivity contribution in [3.05, 3.63) is 41.7 Å². The van der Waals surface area contributed by atoms with Gasteiger partial charge in [-0.1, -0.05) is 12.1 Å². The lowest BCUT2D eigenvalue weighted by molar-refractivity contribution is -0.908. The van der Waals surface area contributed by atoms with Crippen LogP contribution in [0.4, 0.5) is 10.3 Å². The zero-order valence-corrected chi connectivity index (χ0v) is 14.5. The number of rotatable bonds is 8. The van der Waals surface area contributed by atoms with Crippen LogP contribution in [-0.4, -0.2) is 44.4 Å². The molecule has 1 aromatic carbocycles. The van der Waals surface area contributed by atoms with E-state index in [-0.39, 0.29) is 23.9 Å². The molecule has 1 saturated heterocycles. The average molecular weight is 361 g/mol. The van der Waals surface area contributed by atoms with E-state index in [9.17, 15) is 9.65 Å². The highest BCUT2D eigenvalue weighted by Gasteiger charge is 2.15. The number of hydrogen-bond acceptors (Lipinski definition) is 6. The second-order valence-corrected chi connectivity index (χ2v) is 6.01. The van der Waals surface area contributed by atoms with Gasteiger partial charge in [-0.15, -0.1) is 0 Å². The molecule has 0 atom stereocenters. The van der Waals surface area contributed by atoms with Crippen LogP contribution in [0.3, 0.4) is 0 Å². The zero-order valence-electron chi connectivity index (χ0n) is 14.5. The molecule has 2 heterocycles. The van der Waals surface area contributed by atoms with Gasteiger partial charge in [-0.25, -0.2) is 4.39 Å². The second-order valence-electron chi connectivity index (χ2n) is 6.01. The molecule has 7 nitrogen and oxygen atoms in total. The molecule has 2 N–H and O–H groups in total. The number of benzene rings is 1. The standard InChI is InChI=1S/C18H21FN4O3/c19-14-4-1-2-5-16(14)25-13-17-22-15(12-20)18(26-17)21-6-3-7-23-8-10-24-11-9-23/h1-2,4-5,21H,3,6-11,13H2/p+1. The van der Waals surface area contributed by atoms with E-state index in [4.69, 9.17) is 13.9 Å². The van der Waals surface area contributed by atoms with E-state index < -0.39 is 5.82 Å². The minimum atomic E-state index is -0.455. The summed E-state index contributed by atoms with van der Waals surface area (Å²) in [6, 6.07) is 8.10. The SMILES string of the molecule is N#Cc1nc(COc2ccccc2F)oc1NCCC[NH+]1CCOCC1. The third-order valence-electron chi connectivity index (χ3n) is 4.16. The van der Waals surface area contributed by atoms with Crippen molar-refractivity contribution >= 4 is 5.88 Å². The van der Waals surface area contributed by atoms with Crippen LogP contribution >= 0.6 is 0 Å². The molecular weight excluding hydrogens is 339 g/mol. The Labute approximate surface area is 151 Å². The van der Waals surface area contributed by atoms with E-state index in [1.54, 1.807) is 12.1 Å². The molecule has 0 aliphatic carbocycles. The van der Waals surface area contributed by atoms with Gasteiger partial charge in [0.25, 0.3) is 0 Å². The van der Waals surface area contributed by atoms with Crippen molar-refractivity contribution in [2.75, 3.05) is 44.7 Å². The van der Waals surface area contributed by atoms with Crippen molar-refractivity contribution in [1.29, 1.82) is 5.26 Å². The van der Waals surface area contributed by atoms with Gasteiger partial charge in [0.1, 0.15) is 19.2 Å². The Kier molecular flexibility index (Phi) is 6.41. The first-order chi connectivity index (χ1) is 12.8. The number of anilines is 1. The minimum absolute atomic E-state index is 0.0464. The van der Waals surface area contributed by atoms with Gasteiger partial charge in [-0.2, -0.15) is 10.2 Å². The summed E-state index contributed by atoms with van der Waals surface area (Å²) in [6.07, 6.45) is 0.946. The number of morpholine rings is 1. The lowest BCUT2D eigenvalue weighted by Gasteiger charge is -2.23. The largest absolute Gasteiger partial charge is 0.481 e. The fraction of sp³-hybridized carbons (Fsp3) is 0.444. The van der Waals surface area contributed by atoms with Gasteiger partial charge in [0.15, 0.2) is 18.2 Å². The van der Waals surface area contributed by atoms with E-state index in [0.29, 0.717) is 12.4 Å². The first-order valence-corrected chi connectivity index (χ1v) is 8.68. The summed E-state index contributed by atoms with van der Waals surface area (Å²) in [5.41, 5.74) is 0.177. The van der Waals surface area contributed by atoms with Crippen molar-refractivity contribution < 1.29 is 23.2 Å². The molecule has 0 radical (unpaired) electrons. The third kappa shape index (κ3) is 4.94. The minimum Gasteiger partial charge on any atom is -0.481 e. The number of oxazole rings is 1. The number of nitrogens with zero attached hydrogens (tertiary/aromatic N) is 2. The second kappa shape index (κ2) is 9.17. The Morgan fingerprint density at radius 2 is 2.12 bits per heavy atom. The molecule has 0 amide bonds. The third-order valence-corrected chi connectivity index (χ3v) is 4.16. The highest BCUT2D eigenvalue weighted by molar-refractivity contribution is 5.45. The molecule has 0 unspecified atom stereocenters. The fourth-order valence-electron chi connectivity index (χ4n) is 2.77. The molecule has 0 spiro atoms. The van der Waals surface area contributed by atoms with Crippen molar-refractivity contribution in [1.82, 2.24) is 4.98 Å². The molecule has 2 aromatic rings. The van der Waals surface area contributed by atoms with Crippen LogP contribution in [0.15, 0.2) is 28.7 Å². The van der Waals surface area contributed by atoms with Crippen LogP contribution in [0, 0.1) is 17.1 Å². The van der Waals surface area contributed by atoms with Crippen LogP contribution in [0.2, 0.25) is 0 Å². The highest BCUT2D eigenvalue weighted by atomic mass is 19.1. The summed E-state index contributed by atoms with van der Waals surface area (Å²) >= 11 is 0.